The molecule has 0 saturated heterocycles. The fourth-order valence-electron chi connectivity index (χ4n) is 2.51. The number of rotatable bonds is 4. The van der Waals surface area contributed by atoms with Gasteiger partial charge in [0.2, 0.25) is 0 Å². The fraction of sp³-hybridized carbons (Fsp3) is 0.571. The molecule has 0 heterocycles. The first kappa shape index (κ1) is 13.6. The van der Waals surface area contributed by atoms with Gasteiger partial charge < -0.3 is 5.32 Å². The van der Waals surface area contributed by atoms with Crippen molar-refractivity contribution in [2.75, 3.05) is 6.26 Å². The molecular weight excluding hydrogens is 246 g/mol. The molecule has 1 fully saturated rings. The Morgan fingerprint density at radius 2 is 1.89 bits per heavy atom. The van der Waals surface area contributed by atoms with Gasteiger partial charge >= 0.3 is 0 Å². The molecule has 3 nitrogen and oxygen atoms in total. The first-order valence-electron chi connectivity index (χ1n) is 6.47. The predicted octanol–water partition coefficient (Wildman–Crippen LogP) is 2.37. The first-order valence-corrected chi connectivity index (χ1v) is 8.36. The summed E-state index contributed by atoms with van der Waals surface area (Å²) in [4.78, 5) is 0.390. The maximum atomic E-state index is 11.3. The van der Waals surface area contributed by atoms with E-state index in [2.05, 4.69) is 12.2 Å². The number of hydrogen-bond donors (Lipinski definition) is 1. The van der Waals surface area contributed by atoms with Crippen LogP contribution in [0.4, 0.5) is 0 Å². The highest BCUT2D eigenvalue weighted by atomic mass is 32.2. The van der Waals surface area contributed by atoms with Crippen LogP contribution < -0.4 is 5.32 Å². The molecule has 1 aromatic carbocycles. The van der Waals surface area contributed by atoms with Crippen LogP contribution in [0.25, 0.3) is 0 Å². The average molecular weight is 267 g/mol. The molecule has 18 heavy (non-hydrogen) atoms. The minimum Gasteiger partial charge on any atom is -0.310 e. The summed E-state index contributed by atoms with van der Waals surface area (Å²) in [5.41, 5.74) is 1.14. The summed E-state index contributed by atoms with van der Waals surface area (Å²) >= 11 is 0. The minimum atomic E-state index is -3.08. The quantitative estimate of drug-likeness (QED) is 0.911. The Bertz CT molecular complexity index is 493. The smallest absolute Gasteiger partial charge is 0.175 e. The van der Waals surface area contributed by atoms with Crippen LogP contribution in [0.15, 0.2) is 29.2 Å². The van der Waals surface area contributed by atoms with Gasteiger partial charge in [0.25, 0.3) is 0 Å². The molecule has 0 spiro atoms. The second-order valence-corrected chi connectivity index (χ2v) is 7.43. The molecule has 0 bridgehead atoms. The van der Waals surface area contributed by atoms with Gasteiger partial charge in [0.1, 0.15) is 0 Å². The summed E-state index contributed by atoms with van der Waals surface area (Å²) in [5, 5.41) is 3.54. The second-order valence-electron chi connectivity index (χ2n) is 5.41. The summed E-state index contributed by atoms with van der Waals surface area (Å²) in [5.74, 6) is 0.829. The van der Waals surface area contributed by atoms with Crippen molar-refractivity contribution in [3.63, 3.8) is 0 Å². The lowest BCUT2D eigenvalue weighted by Crippen LogP contribution is -2.25. The van der Waals surface area contributed by atoms with E-state index in [0.29, 0.717) is 10.9 Å². The van der Waals surface area contributed by atoms with Crippen molar-refractivity contribution < 1.29 is 8.42 Å². The third-order valence-electron chi connectivity index (χ3n) is 3.64. The lowest BCUT2D eigenvalue weighted by molar-refractivity contribution is 0.502. The van der Waals surface area contributed by atoms with Gasteiger partial charge in [0.05, 0.1) is 4.90 Å². The van der Waals surface area contributed by atoms with Crippen LogP contribution in [0.3, 0.4) is 0 Å². The van der Waals surface area contributed by atoms with E-state index in [4.69, 9.17) is 0 Å². The zero-order chi connectivity index (χ0) is 13.2. The maximum Gasteiger partial charge on any atom is 0.175 e. The Hall–Kier alpha value is -0.870. The summed E-state index contributed by atoms with van der Waals surface area (Å²) < 4.78 is 22.7. The van der Waals surface area contributed by atoms with Crippen LogP contribution in [-0.4, -0.2) is 20.7 Å². The van der Waals surface area contributed by atoms with E-state index in [9.17, 15) is 8.42 Å². The molecule has 1 aliphatic carbocycles. The zero-order valence-corrected chi connectivity index (χ0v) is 11.8. The number of benzene rings is 1. The van der Waals surface area contributed by atoms with Gasteiger partial charge in [-0.05, 0) is 42.9 Å². The van der Waals surface area contributed by atoms with E-state index in [1.807, 2.05) is 12.1 Å². The molecule has 0 aromatic heterocycles. The molecule has 1 aromatic rings. The average Bonchev–Trinajstić information content (AvgIpc) is 2.72. The normalized spacial score (nSPS) is 24.3. The first-order chi connectivity index (χ1) is 8.45. The Morgan fingerprint density at radius 3 is 2.39 bits per heavy atom. The molecule has 0 radical (unpaired) electrons. The summed E-state index contributed by atoms with van der Waals surface area (Å²) in [6.07, 6.45) is 5.05. The number of sulfone groups is 1. The highest BCUT2D eigenvalue weighted by molar-refractivity contribution is 7.90. The van der Waals surface area contributed by atoms with E-state index in [-0.39, 0.29) is 0 Å². The fourth-order valence-corrected chi connectivity index (χ4v) is 3.14. The van der Waals surface area contributed by atoms with E-state index in [0.717, 1.165) is 18.0 Å². The van der Waals surface area contributed by atoms with E-state index >= 15 is 0 Å². The predicted molar refractivity (Wildman–Crippen MR) is 73.2 cm³/mol. The molecule has 2 rings (SSSR count). The molecule has 1 N–H and O–H groups in total. The van der Waals surface area contributed by atoms with Crippen LogP contribution >= 0.6 is 0 Å². The Balaban J connectivity index is 1.91. The van der Waals surface area contributed by atoms with Crippen molar-refractivity contribution in [2.45, 2.75) is 43.7 Å². The molecule has 4 heteroatoms. The van der Waals surface area contributed by atoms with Gasteiger partial charge in [-0.15, -0.1) is 0 Å². The highest BCUT2D eigenvalue weighted by Crippen LogP contribution is 2.24. The van der Waals surface area contributed by atoms with Crippen LogP contribution in [0.1, 0.15) is 31.7 Å². The van der Waals surface area contributed by atoms with Crippen LogP contribution in [-0.2, 0) is 16.4 Å². The van der Waals surface area contributed by atoms with Gasteiger partial charge in [-0.1, -0.05) is 19.1 Å². The third-order valence-corrected chi connectivity index (χ3v) is 4.77. The van der Waals surface area contributed by atoms with E-state index in [1.165, 1.54) is 25.5 Å². The highest BCUT2D eigenvalue weighted by Gasteiger charge is 2.20. The second kappa shape index (κ2) is 5.41. The van der Waals surface area contributed by atoms with Gasteiger partial charge in [-0.2, -0.15) is 0 Å². The summed E-state index contributed by atoms with van der Waals surface area (Å²) in [6, 6.07) is 7.77. The summed E-state index contributed by atoms with van der Waals surface area (Å²) in [6.45, 7) is 3.12. The molecular formula is C14H21NO2S. The van der Waals surface area contributed by atoms with E-state index < -0.39 is 9.84 Å². The molecule has 100 valence electrons. The van der Waals surface area contributed by atoms with Crippen molar-refractivity contribution in [1.29, 1.82) is 0 Å². The number of hydrogen-bond acceptors (Lipinski definition) is 3. The molecule has 2 atom stereocenters. The molecule has 1 aliphatic rings. The van der Waals surface area contributed by atoms with Crippen molar-refractivity contribution in [2.24, 2.45) is 5.92 Å². The monoisotopic (exact) mass is 267 g/mol. The lowest BCUT2D eigenvalue weighted by Gasteiger charge is -2.12. The molecule has 1 saturated carbocycles. The van der Waals surface area contributed by atoms with Crippen LogP contribution in [0.5, 0.6) is 0 Å². The van der Waals surface area contributed by atoms with Gasteiger partial charge in [0.15, 0.2) is 9.84 Å². The van der Waals surface area contributed by atoms with E-state index in [1.54, 1.807) is 12.1 Å². The third kappa shape index (κ3) is 3.56. The Kier molecular flexibility index (Phi) is 4.07. The Morgan fingerprint density at radius 1 is 1.22 bits per heavy atom. The molecule has 2 unspecified atom stereocenters. The number of nitrogens with one attached hydrogen (secondary N) is 1. The van der Waals surface area contributed by atoms with Crippen molar-refractivity contribution in [3.05, 3.63) is 29.8 Å². The molecule has 0 amide bonds. The maximum absolute atomic E-state index is 11.3. The van der Waals surface area contributed by atoms with Crippen molar-refractivity contribution in [3.8, 4) is 0 Å². The van der Waals surface area contributed by atoms with Crippen molar-refractivity contribution >= 4 is 9.84 Å². The van der Waals surface area contributed by atoms with Gasteiger partial charge in [-0.3, -0.25) is 0 Å². The largest absolute Gasteiger partial charge is 0.310 e. The van der Waals surface area contributed by atoms with Crippen LogP contribution in [0.2, 0.25) is 0 Å². The van der Waals surface area contributed by atoms with Crippen LogP contribution in [0, 0.1) is 5.92 Å². The standard InChI is InChI=1S/C14H21NO2S/c1-11-3-6-13(9-11)15-10-12-4-7-14(8-5-12)18(2,16)17/h4-5,7-8,11,13,15H,3,6,9-10H2,1-2H3. The summed E-state index contributed by atoms with van der Waals surface area (Å²) in [7, 11) is -3.08. The molecule has 0 aliphatic heterocycles. The van der Waals surface area contributed by atoms with Gasteiger partial charge in [0, 0.05) is 18.8 Å². The Labute approximate surface area is 110 Å². The van der Waals surface area contributed by atoms with Gasteiger partial charge in [-0.25, -0.2) is 8.42 Å². The lowest BCUT2D eigenvalue weighted by atomic mass is 10.1. The van der Waals surface area contributed by atoms with Crippen molar-refractivity contribution in [1.82, 2.24) is 5.32 Å². The minimum absolute atomic E-state index is 0.390. The SMILES string of the molecule is CC1CCC(NCc2ccc(S(C)(=O)=O)cc2)C1. The zero-order valence-electron chi connectivity index (χ0n) is 11.0. The topological polar surface area (TPSA) is 46.2 Å².